The summed E-state index contributed by atoms with van der Waals surface area (Å²) >= 11 is 7.09. The quantitative estimate of drug-likeness (QED) is 0.841. The third-order valence-corrected chi connectivity index (χ3v) is 3.91. The highest BCUT2D eigenvalue weighted by Gasteiger charge is 2.07. The summed E-state index contributed by atoms with van der Waals surface area (Å²) in [4.78, 5) is 25.7. The molecule has 2 aromatic rings. The predicted octanol–water partition coefficient (Wildman–Crippen LogP) is 2.17. The molecule has 0 aliphatic heterocycles. The maximum absolute atomic E-state index is 11.8. The number of carbonyl (C=O) groups is 1. The molecule has 1 heterocycles. The van der Waals surface area contributed by atoms with Crippen molar-refractivity contribution < 1.29 is 4.79 Å². The number of H-pyrrole nitrogens is 1. The summed E-state index contributed by atoms with van der Waals surface area (Å²) in [5, 5.41) is 11.1. The fraction of sp³-hybridized carbons (Fsp3) is 0.231. The second-order valence-corrected chi connectivity index (χ2v) is 5.72. The normalized spacial score (nSPS) is 10.4. The first kappa shape index (κ1) is 15.5. The number of benzene rings is 1. The Kier molecular flexibility index (Phi) is 4.98. The molecule has 1 aromatic heterocycles. The molecule has 8 heteroatoms. The number of nitrogens with zero attached hydrogens (tertiary/aromatic N) is 2. The van der Waals surface area contributed by atoms with E-state index in [1.807, 2.05) is 13.0 Å². The fourth-order valence-corrected chi connectivity index (χ4v) is 2.23. The van der Waals surface area contributed by atoms with E-state index >= 15 is 0 Å². The first-order chi connectivity index (χ1) is 9.95. The molecular weight excluding hydrogens is 312 g/mol. The Morgan fingerprint density at radius 2 is 2.14 bits per heavy atom. The molecule has 21 heavy (non-hydrogen) atoms. The Bertz CT molecular complexity index is 732. The van der Waals surface area contributed by atoms with Crippen LogP contribution in [-0.4, -0.2) is 26.8 Å². The average Bonchev–Trinajstić information content (AvgIpc) is 2.44. The summed E-state index contributed by atoms with van der Waals surface area (Å²) in [6.45, 7) is 3.45. The second kappa shape index (κ2) is 6.73. The summed E-state index contributed by atoms with van der Waals surface area (Å²) in [5.41, 5.74) is 1.55. The molecule has 0 atom stereocenters. The summed E-state index contributed by atoms with van der Waals surface area (Å²) in [6, 6.07) is 5.29. The number of nitrogens with one attached hydrogen (secondary N) is 2. The number of aromatic nitrogens is 3. The first-order valence-electron chi connectivity index (χ1n) is 6.08. The third kappa shape index (κ3) is 4.30. The zero-order valence-electron chi connectivity index (χ0n) is 11.4. The number of aryl methyl sites for hydroxylation is 2. The van der Waals surface area contributed by atoms with Crippen LogP contribution in [0.25, 0.3) is 0 Å². The lowest BCUT2D eigenvalue weighted by Gasteiger charge is -2.06. The van der Waals surface area contributed by atoms with Crippen LogP contribution in [0.15, 0.2) is 28.2 Å². The maximum Gasteiger partial charge on any atom is 0.273 e. The van der Waals surface area contributed by atoms with Gasteiger partial charge < -0.3 is 5.32 Å². The molecule has 2 N–H and O–H groups in total. The zero-order valence-corrected chi connectivity index (χ0v) is 13.0. The van der Waals surface area contributed by atoms with E-state index in [4.69, 9.17) is 11.6 Å². The van der Waals surface area contributed by atoms with Crippen LogP contribution in [0.1, 0.15) is 11.3 Å². The van der Waals surface area contributed by atoms with Crippen LogP contribution < -0.4 is 10.9 Å². The van der Waals surface area contributed by atoms with Crippen LogP contribution in [0.2, 0.25) is 5.02 Å². The predicted molar refractivity (Wildman–Crippen MR) is 82.9 cm³/mol. The maximum atomic E-state index is 11.8. The lowest BCUT2D eigenvalue weighted by molar-refractivity contribution is -0.113. The average molecular weight is 325 g/mol. The molecule has 6 nitrogen and oxygen atoms in total. The fourth-order valence-electron chi connectivity index (χ4n) is 1.44. The number of aromatic amines is 1. The van der Waals surface area contributed by atoms with Crippen molar-refractivity contribution in [3.05, 3.63) is 44.8 Å². The van der Waals surface area contributed by atoms with Gasteiger partial charge in [-0.15, -0.1) is 10.2 Å². The van der Waals surface area contributed by atoms with Gasteiger partial charge in [0.05, 0.1) is 5.75 Å². The van der Waals surface area contributed by atoms with Crippen molar-refractivity contribution in [3.63, 3.8) is 0 Å². The smallest absolute Gasteiger partial charge is 0.273 e. The lowest BCUT2D eigenvalue weighted by atomic mass is 10.2. The van der Waals surface area contributed by atoms with Gasteiger partial charge in [-0.2, -0.15) is 0 Å². The largest absolute Gasteiger partial charge is 0.325 e. The Labute approximate surface area is 130 Å². The van der Waals surface area contributed by atoms with Crippen LogP contribution in [0.4, 0.5) is 5.69 Å². The standard InChI is InChI=1S/C13H13ClN4O2S/c1-7-3-4-9(5-10(7)14)15-11(19)6-21-13-16-12(20)8(2)17-18-13/h3-5H,6H2,1-2H3,(H,15,19)(H,16,18,20). The van der Waals surface area contributed by atoms with E-state index in [9.17, 15) is 9.59 Å². The first-order valence-corrected chi connectivity index (χ1v) is 7.44. The highest BCUT2D eigenvalue weighted by atomic mass is 35.5. The minimum Gasteiger partial charge on any atom is -0.325 e. The van der Waals surface area contributed by atoms with Gasteiger partial charge in [-0.1, -0.05) is 29.4 Å². The minimum absolute atomic E-state index is 0.110. The van der Waals surface area contributed by atoms with Crippen molar-refractivity contribution in [2.75, 3.05) is 11.1 Å². The number of rotatable bonds is 4. The monoisotopic (exact) mass is 324 g/mol. The van der Waals surface area contributed by atoms with Crippen LogP contribution in [0.5, 0.6) is 0 Å². The topological polar surface area (TPSA) is 87.7 Å². The van der Waals surface area contributed by atoms with Crippen LogP contribution >= 0.6 is 23.4 Å². The van der Waals surface area contributed by atoms with Crippen molar-refractivity contribution in [2.24, 2.45) is 0 Å². The van der Waals surface area contributed by atoms with E-state index in [2.05, 4.69) is 20.5 Å². The van der Waals surface area contributed by atoms with Gasteiger partial charge in [-0.05, 0) is 31.5 Å². The Hall–Kier alpha value is -1.86. The van der Waals surface area contributed by atoms with Crippen LogP contribution in [0.3, 0.4) is 0 Å². The van der Waals surface area contributed by atoms with E-state index < -0.39 is 0 Å². The van der Waals surface area contributed by atoms with E-state index in [1.165, 1.54) is 0 Å². The molecule has 0 aliphatic carbocycles. The highest BCUT2D eigenvalue weighted by molar-refractivity contribution is 7.99. The number of hydrogen-bond donors (Lipinski definition) is 2. The van der Waals surface area contributed by atoms with E-state index in [0.717, 1.165) is 17.3 Å². The molecule has 2 rings (SSSR count). The van der Waals surface area contributed by atoms with Crippen LogP contribution in [0, 0.1) is 13.8 Å². The van der Waals surface area contributed by atoms with Gasteiger partial charge in [0.2, 0.25) is 5.91 Å². The molecular formula is C13H13ClN4O2S. The Balaban J connectivity index is 1.94. The molecule has 0 radical (unpaired) electrons. The number of thioether (sulfide) groups is 1. The molecule has 1 aromatic carbocycles. The molecule has 0 spiro atoms. The molecule has 1 amide bonds. The van der Waals surface area contributed by atoms with Gasteiger partial charge in [0, 0.05) is 10.7 Å². The van der Waals surface area contributed by atoms with Crippen molar-refractivity contribution in [1.82, 2.24) is 15.2 Å². The van der Waals surface area contributed by atoms with Crippen LogP contribution in [-0.2, 0) is 4.79 Å². The summed E-state index contributed by atoms with van der Waals surface area (Å²) < 4.78 is 0. The van der Waals surface area contributed by atoms with Crippen molar-refractivity contribution in [3.8, 4) is 0 Å². The lowest BCUT2D eigenvalue weighted by Crippen LogP contribution is -2.17. The van der Waals surface area contributed by atoms with Crippen molar-refractivity contribution in [2.45, 2.75) is 19.0 Å². The van der Waals surface area contributed by atoms with Gasteiger partial charge in [-0.3, -0.25) is 14.6 Å². The number of anilines is 1. The zero-order chi connectivity index (χ0) is 15.4. The molecule has 0 fully saturated rings. The molecule has 0 unspecified atom stereocenters. The molecule has 0 aliphatic rings. The number of amides is 1. The Morgan fingerprint density at radius 3 is 2.81 bits per heavy atom. The summed E-state index contributed by atoms with van der Waals surface area (Å²) in [6.07, 6.45) is 0. The highest BCUT2D eigenvalue weighted by Crippen LogP contribution is 2.20. The van der Waals surface area contributed by atoms with Gasteiger partial charge in [0.15, 0.2) is 5.16 Å². The molecule has 0 saturated heterocycles. The van der Waals surface area contributed by atoms with E-state index in [-0.39, 0.29) is 22.9 Å². The number of hydrogen-bond acceptors (Lipinski definition) is 5. The van der Waals surface area contributed by atoms with Crippen molar-refractivity contribution in [1.29, 1.82) is 0 Å². The van der Waals surface area contributed by atoms with E-state index in [0.29, 0.717) is 15.9 Å². The number of carbonyl (C=O) groups excluding carboxylic acids is 1. The summed E-state index contributed by atoms with van der Waals surface area (Å²) in [7, 11) is 0. The third-order valence-electron chi connectivity index (χ3n) is 2.64. The summed E-state index contributed by atoms with van der Waals surface area (Å²) in [5.74, 6) is -0.109. The Morgan fingerprint density at radius 1 is 1.38 bits per heavy atom. The van der Waals surface area contributed by atoms with Gasteiger partial charge >= 0.3 is 0 Å². The minimum atomic E-state index is -0.307. The molecule has 110 valence electrons. The molecule has 0 bridgehead atoms. The van der Waals surface area contributed by atoms with Gasteiger partial charge in [0.1, 0.15) is 5.69 Å². The van der Waals surface area contributed by atoms with Gasteiger partial charge in [0.25, 0.3) is 5.56 Å². The van der Waals surface area contributed by atoms with Gasteiger partial charge in [-0.25, -0.2) is 0 Å². The molecule has 0 saturated carbocycles. The van der Waals surface area contributed by atoms with E-state index in [1.54, 1.807) is 19.1 Å². The van der Waals surface area contributed by atoms with Crippen molar-refractivity contribution >= 4 is 35.0 Å². The SMILES string of the molecule is Cc1ccc(NC(=O)CSc2nnc(C)c(=O)[nH]2)cc1Cl. The number of halogens is 1. The second-order valence-electron chi connectivity index (χ2n) is 4.35.